The van der Waals surface area contributed by atoms with Crippen LogP contribution in [0.15, 0.2) is 89.4 Å². The summed E-state index contributed by atoms with van der Waals surface area (Å²) in [6.45, 7) is 5.33. The fourth-order valence-electron chi connectivity index (χ4n) is 4.05. The maximum Gasteiger partial charge on any atom is 0.244 e. The van der Waals surface area contributed by atoms with Crippen molar-refractivity contribution in [2.24, 2.45) is 0 Å². The Balaban J connectivity index is 2.06. The first-order valence-corrected chi connectivity index (χ1v) is 14.9. The molecule has 0 aliphatic rings. The maximum absolute atomic E-state index is 14.0. The molecule has 3 rings (SSSR count). The number of anilines is 1. The molecule has 1 N–H and O–H groups in total. The minimum atomic E-state index is -3.78. The molecule has 0 aromatic heterocycles. The number of hydrogen-bond acceptors (Lipinski definition) is 4. The van der Waals surface area contributed by atoms with E-state index in [2.05, 4.69) is 21.2 Å². The van der Waals surface area contributed by atoms with Gasteiger partial charge in [-0.25, -0.2) is 8.42 Å². The van der Waals surface area contributed by atoms with Crippen LogP contribution < -0.4 is 9.62 Å². The largest absolute Gasteiger partial charge is 0.350 e. The highest BCUT2D eigenvalue weighted by Gasteiger charge is 2.34. The van der Waals surface area contributed by atoms with Crippen LogP contribution in [0.1, 0.15) is 31.9 Å². The monoisotopic (exact) mass is 599 g/mol. The third-order valence-corrected chi connectivity index (χ3v) is 7.37. The molecule has 0 radical (unpaired) electrons. The van der Waals surface area contributed by atoms with Gasteiger partial charge in [-0.15, -0.1) is 0 Å². The lowest BCUT2D eigenvalue weighted by Crippen LogP contribution is -2.56. The Morgan fingerprint density at radius 1 is 0.895 bits per heavy atom. The highest BCUT2D eigenvalue weighted by atomic mass is 79.9. The van der Waals surface area contributed by atoms with Crippen LogP contribution >= 0.6 is 15.9 Å². The second kappa shape index (κ2) is 12.6. The highest BCUT2D eigenvalue weighted by molar-refractivity contribution is 9.10. The molecule has 2 amide bonds. The van der Waals surface area contributed by atoms with Gasteiger partial charge in [0.2, 0.25) is 21.8 Å². The SMILES string of the molecule is CC(C)(C)NC(=O)[C@@H](Cc1ccccc1)N(Cc1cccc(Br)c1)C(=O)CN(c1ccccc1)S(C)(=O)=O. The lowest BCUT2D eigenvalue weighted by molar-refractivity contribution is -0.140. The zero-order valence-electron chi connectivity index (χ0n) is 22.1. The molecule has 7 nitrogen and oxygen atoms in total. The van der Waals surface area contributed by atoms with E-state index in [1.165, 1.54) is 4.90 Å². The Hall–Kier alpha value is -3.17. The summed E-state index contributed by atoms with van der Waals surface area (Å²) < 4.78 is 27.4. The van der Waals surface area contributed by atoms with Crippen LogP contribution in [0, 0.1) is 0 Å². The fourth-order valence-corrected chi connectivity index (χ4v) is 5.34. The van der Waals surface area contributed by atoms with Crippen molar-refractivity contribution in [3.63, 3.8) is 0 Å². The Morgan fingerprint density at radius 2 is 1.47 bits per heavy atom. The van der Waals surface area contributed by atoms with E-state index in [9.17, 15) is 18.0 Å². The predicted molar refractivity (Wildman–Crippen MR) is 155 cm³/mol. The van der Waals surface area contributed by atoms with Crippen molar-refractivity contribution >= 4 is 43.5 Å². The number of rotatable bonds is 10. The lowest BCUT2D eigenvalue weighted by Gasteiger charge is -2.35. The van der Waals surface area contributed by atoms with Crippen molar-refractivity contribution in [2.45, 2.75) is 45.3 Å². The number of amides is 2. The fraction of sp³-hybridized carbons (Fsp3) is 0.310. The maximum atomic E-state index is 14.0. The highest BCUT2D eigenvalue weighted by Crippen LogP contribution is 2.21. The molecule has 0 spiro atoms. The number of carbonyl (C=O) groups is 2. The van der Waals surface area contributed by atoms with Gasteiger partial charge in [-0.1, -0.05) is 76.6 Å². The van der Waals surface area contributed by atoms with Gasteiger partial charge in [-0.05, 0) is 56.2 Å². The van der Waals surface area contributed by atoms with Crippen LogP contribution in [0.3, 0.4) is 0 Å². The molecule has 202 valence electrons. The summed E-state index contributed by atoms with van der Waals surface area (Å²) in [5, 5.41) is 3.01. The van der Waals surface area contributed by atoms with E-state index in [1.54, 1.807) is 30.3 Å². The number of carbonyl (C=O) groups excluding carboxylic acids is 2. The second-order valence-corrected chi connectivity index (χ2v) is 13.0. The first-order chi connectivity index (χ1) is 17.8. The number of para-hydroxylation sites is 1. The van der Waals surface area contributed by atoms with E-state index in [1.807, 2.05) is 75.4 Å². The average molecular weight is 601 g/mol. The van der Waals surface area contributed by atoms with E-state index in [4.69, 9.17) is 0 Å². The molecule has 0 aliphatic heterocycles. The van der Waals surface area contributed by atoms with E-state index in [0.717, 1.165) is 26.2 Å². The van der Waals surface area contributed by atoms with Crippen LogP contribution in [-0.4, -0.2) is 49.5 Å². The van der Waals surface area contributed by atoms with Gasteiger partial charge in [0, 0.05) is 23.0 Å². The summed E-state index contributed by atoms with van der Waals surface area (Å²) in [5.74, 6) is -0.792. The van der Waals surface area contributed by atoms with Crippen LogP contribution in [0.5, 0.6) is 0 Å². The third-order valence-electron chi connectivity index (χ3n) is 5.73. The molecule has 0 heterocycles. The molecule has 1 atom stereocenters. The first kappa shape index (κ1) is 29.4. The van der Waals surface area contributed by atoms with Gasteiger partial charge in [0.15, 0.2) is 0 Å². The topological polar surface area (TPSA) is 86.8 Å². The Morgan fingerprint density at radius 3 is 2.03 bits per heavy atom. The van der Waals surface area contributed by atoms with Gasteiger partial charge < -0.3 is 10.2 Å². The summed E-state index contributed by atoms with van der Waals surface area (Å²) in [6.07, 6.45) is 1.34. The number of hydrogen-bond donors (Lipinski definition) is 1. The molecule has 38 heavy (non-hydrogen) atoms. The van der Waals surface area contributed by atoms with Crippen molar-refractivity contribution in [1.82, 2.24) is 10.2 Å². The third kappa shape index (κ3) is 8.70. The second-order valence-electron chi connectivity index (χ2n) is 10.2. The molecule has 0 unspecified atom stereocenters. The van der Waals surface area contributed by atoms with Gasteiger partial charge in [-0.3, -0.25) is 13.9 Å². The minimum Gasteiger partial charge on any atom is -0.350 e. The average Bonchev–Trinajstić information content (AvgIpc) is 2.84. The van der Waals surface area contributed by atoms with Gasteiger partial charge in [0.05, 0.1) is 11.9 Å². The van der Waals surface area contributed by atoms with Crippen molar-refractivity contribution in [2.75, 3.05) is 17.1 Å². The Bertz CT molecular complexity index is 1340. The van der Waals surface area contributed by atoms with E-state index in [-0.39, 0.29) is 18.9 Å². The van der Waals surface area contributed by atoms with Gasteiger partial charge in [0.25, 0.3) is 0 Å². The molecule has 0 saturated heterocycles. The summed E-state index contributed by atoms with van der Waals surface area (Å²) in [6, 6.07) is 24.6. The molecule has 3 aromatic carbocycles. The van der Waals surface area contributed by atoms with Crippen molar-refractivity contribution in [3.8, 4) is 0 Å². The predicted octanol–water partition coefficient (Wildman–Crippen LogP) is 4.77. The molecule has 0 aliphatic carbocycles. The summed E-state index contributed by atoms with van der Waals surface area (Å²) in [5.41, 5.74) is 1.54. The van der Waals surface area contributed by atoms with Crippen molar-refractivity contribution in [3.05, 3.63) is 101 Å². The molecule has 9 heteroatoms. The van der Waals surface area contributed by atoms with Gasteiger partial charge in [0.1, 0.15) is 12.6 Å². The van der Waals surface area contributed by atoms with Crippen LogP contribution in [0.2, 0.25) is 0 Å². The summed E-state index contributed by atoms with van der Waals surface area (Å²) in [7, 11) is -3.78. The number of benzene rings is 3. The van der Waals surface area contributed by atoms with Gasteiger partial charge in [-0.2, -0.15) is 0 Å². The van der Waals surface area contributed by atoms with E-state index in [0.29, 0.717) is 5.69 Å². The van der Waals surface area contributed by atoms with E-state index < -0.39 is 34.1 Å². The zero-order valence-corrected chi connectivity index (χ0v) is 24.5. The quantitative estimate of drug-likeness (QED) is 0.364. The lowest BCUT2D eigenvalue weighted by atomic mass is 10.0. The standard InChI is InChI=1S/C29H34BrN3O4S/c1-29(2,3)31-28(35)26(19-22-12-7-5-8-13-22)32(20-23-14-11-15-24(30)18-23)27(34)21-33(38(4,36)37)25-16-9-6-10-17-25/h5-18,26H,19-21H2,1-4H3,(H,31,35)/t26-/m1/s1. The Labute approximate surface area is 234 Å². The van der Waals surface area contributed by atoms with Crippen molar-refractivity contribution in [1.29, 1.82) is 0 Å². The number of nitrogens with zero attached hydrogens (tertiary/aromatic N) is 2. The Kier molecular flexibility index (Phi) is 9.73. The number of nitrogens with one attached hydrogen (secondary N) is 1. The molecule has 0 saturated carbocycles. The molecule has 0 bridgehead atoms. The zero-order chi connectivity index (χ0) is 27.9. The van der Waals surface area contributed by atoms with Crippen molar-refractivity contribution < 1.29 is 18.0 Å². The van der Waals surface area contributed by atoms with Gasteiger partial charge >= 0.3 is 0 Å². The van der Waals surface area contributed by atoms with Crippen LogP contribution in [0.25, 0.3) is 0 Å². The van der Waals surface area contributed by atoms with Crippen LogP contribution in [-0.2, 0) is 32.6 Å². The number of halogens is 1. The summed E-state index contributed by atoms with van der Waals surface area (Å²) in [4.78, 5) is 29.1. The molecule has 0 fully saturated rings. The molecule has 3 aromatic rings. The molecular weight excluding hydrogens is 566 g/mol. The number of sulfonamides is 1. The normalized spacial score (nSPS) is 12.4. The van der Waals surface area contributed by atoms with Crippen LogP contribution in [0.4, 0.5) is 5.69 Å². The first-order valence-electron chi connectivity index (χ1n) is 12.3. The smallest absolute Gasteiger partial charge is 0.244 e. The summed E-state index contributed by atoms with van der Waals surface area (Å²) >= 11 is 3.48. The molecular formula is C29H34BrN3O4S. The van der Waals surface area contributed by atoms with E-state index >= 15 is 0 Å². The minimum absolute atomic E-state index is 0.125.